The first-order valence-corrected chi connectivity index (χ1v) is 5.67. The molecule has 0 aliphatic rings. The molecule has 0 spiro atoms. The van der Waals surface area contributed by atoms with Crippen LogP contribution in [0.25, 0.3) is 0 Å². The summed E-state index contributed by atoms with van der Waals surface area (Å²) < 4.78 is 4.89. The van der Waals surface area contributed by atoms with Crippen LogP contribution >= 0.6 is 0 Å². The number of nitro benzene ring substituents is 1. The molecule has 0 aliphatic carbocycles. The zero-order chi connectivity index (χ0) is 14.4. The largest absolute Gasteiger partial charge is 0.467 e. The maximum Gasteiger partial charge on any atom is 0.316 e. The quantitative estimate of drug-likeness (QED) is 0.473. The van der Waals surface area contributed by atoms with E-state index in [4.69, 9.17) is 4.74 Å². The predicted octanol–water partition coefficient (Wildman–Crippen LogP) is 2.68. The van der Waals surface area contributed by atoms with Crippen molar-refractivity contribution in [1.29, 1.82) is 0 Å². The number of ether oxygens (including phenoxy) is 1. The Bertz CT molecular complexity index is 644. The van der Waals surface area contributed by atoms with Crippen LogP contribution in [-0.2, 0) is 6.54 Å². The van der Waals surface area contributed by atoms with Crippen molar-refractivity contribution in [3.8, 4) is 6.01 Å². The van der Waals surface area contributed by atoms with Gasteiger partial charge in [0.25, 0.3) is 5.69 Å². The first-order chi connectivity index (χ1) is 9.70. The second kappa shape index (κ2) is 6.32. The van der Waals surface area contributed by atoms with Gasteiger partial charge >= 0.3 is 6.01 Å². The second-order valence-electron chi connectivity index (χ2n) is 3.68. The fraction of sp³-hybridized carbons (Fsp3) is 0.167. The molecule has 0 amide bonds. The van der Waals surface area contributed by atoms with Gasteiger partial charge in [0, 0.05) is 12.3 Å². The molecule has 2 aromatic rings. The molecule has 8 heteroatoms. The summed E-state index contributed by atoms with van der Waals surface area (Å²) in [5.74, 6) is 0. The zero-order valence-electron chi connectivity index (χ0n) is 10.6. The number of aromatic nitrogens is 2. The molecule has 0 saturated heterocycles. The predicted molar refractivity (Wildman–Crippen MR) is 69.9 cm³/mol. The Morgan fingerprint density at radius 3 is 2.90 bits per heavy atom. The van der Waals surface area contributed by atoms with E-state index in [0.717, 1.165) is 0 Å². The van der Waals surface area contributed by atoms with Crippen molar-refractivity contribution in [1.82, 2.24) is 9.97 Å². The summed E-state index contributed by atoms with van der Waals surface area (Å²) in [6, 6.07) is 8.05. The topological polar surface area (TPSA) is 103 Å². The van der Waals surface area contributed by atoms with Crippen LogP contribution in [-0.4, -0.2) is 22.0 Å². The Kier molecular flexibility index (Phi) is 4.28. The number of benzene rings is 1. The molecule has 20 heavy (non-hydrogen) atoms. The number of nitro groups is 1. The standard InChI is InChI=1S/C12H11N5O3/c1-20-12-13-7-6-9(15-12)8-14-16-10-4-2-3-5-11(10)17(18)19/h2-7H,8H2,1H3. The van der Waals surface area contributed by atoms with Gasteiger partial charge in [-0.05, 0) is 12.1 Å². The Balaban J connectivity index is 2.12. The molecule has 0 radical (unpaired) electrons. The third-order valence-electron chi connectivity index (χ3n) is 2.36. The van der Waals surface area contributed by atoms with Gasteiger partial charge in [0.05, 0.1) is 17.7 Å². The molecule has 0 bridgehead atoms. The molecule has 1 aromatic heterocycles. The summed E-state index contributed by atoms with van der Waals surface area (Å²) in [5, 5.41) is 18.6. The SMILES string of the molecule is COc1nccc(CN=Nc2ccccc2[N+](=O)[O-])n1. The number of azo groups is 1. The monoisotopic (exact) mass is 273 g/mol. The number of rotatable bonds is 5. The third-order valence-corrected chi connectivity index (χ3v) is 2.36. The fourth-order valence-electron chi connectivity index (χ4n) is 1.45. The minimum absolute atomic E-state index is 0.0866. The van der Waals surface area contributed by atoms with Crippen molar-refractivity contribution in [2.75, 3.05) is 7.11 Å². The second-order valence-corrected chi connectivity index (χ2v) is 3.68. The molecule has 102 valence electrons. The number of nitrogens with zero attached hydrogens (tertiary/aromatic N) is 5. The van der Waals surface area contributed by atoms with Crippen LogP contribution in [0.3, 0.4) is 0 Å². The molecule has 0 fully saturated rings. The van der Waals surface area contributed by atoms with Crippen LogP contribution in [0.4, 0.5) is 11.4 Å². The molecular weight excluding hydrogens is 262 g/mol. The van der Waals surface area contributed by atoms with E-state index >= 15 is 0 Å². The number of para-hydroxylation sites is 1. The number of methoxy groups -OCH3 is 1. The molecule has 8 nitrogen and oxygen atoms in total. The van der Waals surface area contributed by atoms with E-state index in [1.165, 1.54) is 19.2 Å². The summed E-state index contributed by atoms with van der Waals surface area (Å²) in [7, 11) is 1.47. The van der Waals surface area contributed by atoms with Crippen LogP contribution in [0, 0.1) is 10.1 Å². The van der Waals surface area contributed by atoms with Crippen molar-refractivity contribution < 1.29 is 9.66 Å². The maximum atomic E-state index is 10.8. The van der Waals surface area contributed by atoms with Crippen LogP contribution < -0.4 is 4.74 Å². The third kappa shape index (κ3) is 3.31. The van der Waals surface area contributed by atoms with Crippen molar-refractivity contribution in [2.45, 2.75) is 6.54 Å². The molecule has 0 saturated carbocycles. The molecular formula is C12H11N5O3. The highest BCUT2D eigenvalue weighted by molar-refractivity contribution is 5.56. The lowest BCUT2D eigenvalue weighted by atomic mass is 10.3. The Hall–Kier alpha value is -2.90. The molecule has 2 rings (SSSR count). The van der Waals surface area contributed by atoms with Crippen molar-refractivity contribution >= 4 is 11.4 Å². The zero-order valence-corrected chi connectivity index (χ0v) is 10.6. The van der Waals surface area contributed by atoms with Gasteiger partial charge in [0.1, 0.15) is 6.54 Å². The van der Waals surface area contributed by atoms with E-state index in [2.05, 4.69) is 20.2 Å². The van der Waals surface area contributed by atoms with Gasteiger partial charge in [-0.15, -0.1) is 5.11 Å². The normalized spacial score (nSPS) is 10.7. The minimum atomic E-state index is -0.498. The minimum Gasteiger partial charge on any atom is -0.467 e. The summed E-state index contributed by atoms with van der Waals surface area (Å²) in [6.45, 7) is 0.185. The van der Waals surface area contributed by atoms with E-state index < -0.39 is 4.92 Å². The average molecular weight is 273 g/mol. The number of hydrogen-bond acceptors (Lipinski definition) is 7. The van der Waals surface area contributed by atoms with Gasteiger partial charge in [-0.1, -0.05) is 12.1 Å². The fourth-order valence-corrected chi connectivity index (χ4v) is 1.45. The van der Waals surface area contributed by atoms with Crippen LogP contribution in [0.1, 0.15) is 5.69 Å². The van der Waals surface area contributed by atoms with E-state index in [1.54, 1.807) is 24.4 Å². The first-order valence-electron chi connectivity index (χ1n) is 5.67. The molecule has 0 atom stereocenters. The molecule has 1 heterocycles. The smallest absolute Gasteiger partial charge is 0.316 e. The highest BCUT2D eigenvalue weighted by Gasteiger charge is 2.11. The van der Waals surface area contributed by atoms with E-state index in [9.17, 15) is 10.1 Å². The van der Waals surface area contributed by atoms with Gasteiger partial charge in [-0.3, -0.25) is 10.1 Å². The van der Waals surface area contributed by atoms with Crippen LogP contribution in [0.2, 0.25) is 0 Å². The van der Waals surface area contributed by atoms with Gasteiger partial charge < -0.3 is 4.74 Å². The van der Waals surface area contributed by atoms with E-state index in [-0.39, 0.29) is 23.9 Å². The van der Waals surface area contributed by atoms with Crippen LogP contribution in [0.5, 0.6) is 6.01 Å². The lowest BCUT2D eigenvalue weighted by molar-refractivity contribution is -0.384. The lowest BCUT2D eigenvalue weighted by Crippen LogP contribution is -1.94. The molecule has 0 unspecified atom stereocenters. The highest BCUT2D eigenvalue weighted by Crippen LogP contribution is 2.26. The van der Waals surface area contributed by atoms with E-state index in [0.29, 0.717) is 5.69 Å². The average Bonchev–Trinajstić information content (AvgIpc) is 2.48. The summed E-state index contributed by atoms with van der Waals surface area (Å²) >= 11 is 0. The van der Waals surface area contributed by atoms with E-state index in [1.807, 2.05) is 0 Å². The highest BCUT2D eigenvalue weighted by atomic mass is 16.6. The maximum absolute atomic E-state index is 10.8. The molecule has 1 aromatic carbocycles. The summed E-state index contributed by atoms with van der Waals surface area (Å²) in [6.07, 6.45) is 1.54. The number of hydrogen-bond donors (Lipinski definition) is 0. The van der Waals surface area contributed by atoms with Gasteiger partial charge in [-0.25, -0.2) is 4.98 Å². The van der Waals surface area contributed by atoms with Crippen molar-refractivity contribution in [3.05, 3.63) is 52.3 Å². The lowest BCUT2D eigenvalue weighted by Gasteiger charge is -1.99. The Morgan fingerprint density at radius 1 is 1.35 bits per heavy atom. The van der Waals surface area contributed by atoms with Crippen LogP contribution in [0.15, 0.2) is 46.8 Å². The van der Waals surface area contributed by atoms with Gasteiger partial charge in [-0.2, -0.15) is 10.1 Å². The molecule has 0 aliphatic heterocycles. The Morgan fingerprint density at radius 2 is 2.15 bits per heavy atom. The van der Waals surface area contributed by atoms with Crippen molar-refractivity contribution in [2.24, 2.45) is 10.2 Å². The first kappa shape index (κ1) is 13.5. The Labute approximate surface area is 114 Å². The van der Waals surface area contributed by atoms with Gasteiger partial charge in [0.2, 0.25) is 0 Å². The van der Waals surface area contributed by atoms with Gasteiger partial charge in [0.15, 0.2) is 5.69 Å². The summed E-state index contributed by atoms with van der Waals surface area (Å²) in [4.78, 5) is 18.2. The summed E-state index contributed by atoms with van der Waals surface area (Å²) in [5.41, 5.74) is 0.731. The van der Waals surface area contributed by atoms with Crippen molar-refractivity contribution in [3.63, 3.8) is 0 Å². The molecule has 0 N–H and O–H groups in total.